The molecule has 0 atom stereocenters. The average molecular weight is 281 g/mol. The Morgan fingerprint density at radius 3 is 2.24 bits per heavy atom. The maximum atomic E-state index is 5.82. The number of nitrogens with zero attached hydrogens (tertiary/aromatic N) is 1. The standard InChI is InChI=1S/C17H17NO.C2H6/c1-11(2)14-8-9-16-15(10-14)18-17(19-16)13-6-4-12(3)5-7-13;1-2/h4-11H,1-3H3;1-2H3. The van der Waals surface area contributed by atoms with E-state index in [2.05, 4.69) is 50.0 Å². The Hall–Kier alpha value is -2.09. The summed E-state index contributed by atoms with van der Waals surface area (Å²) < 4.78 is 5.82. The molecule has 21 heavy (non-hydrogen) atoms. The molecule has 3 rings (SSSR count). The Morgan fingerprint density at radius 2 is 1.62 bits per heavy atom. The van der Waals surface area contributed by atoms with Gasteiger partial charge in [-0.3, -0.25) is 0 Å². The molecule has 0 bridgehead atoms. The van der Waals surface area contributed by atoms with Gasteiger partial charge in [-0.2, -0.15) is 0 Å². The minimum absolute atomic E-state index is 0.504. The van der Waals surface area contributed by atoms with Gasteiger partial charge in [-0.25, -0.2) is 4.98 Å². The van der Waals surface area contributed by atoms with E-state index in [0.29, 0.717) is 11.8 Å². The lowest BCUT2D eigenvalue weighted by atomic mass is 10.0. The molecule has 0 spiro atoms. The predicted octanol–water partition coefficient (Wildman–Crippen LogP) is 5.95. The van der Waals surface area contributed by atoms with Gasteiger partial charge in [-0.05, 0) is 42.7 Å². The van der Waals surface area contributed by atoms with Gasteiger partial charge < -0.3 is 4.42 Å². The van der Waals surface area contributed by atoms with Gasteiger partial charge in [0.05, 0.1) is 0 Å². The van der Waals surface area contributed by atoms with Crippen molar-refractivity contribution >= 4 is 11.1 Å². The monoisotopic (exact) mass is 281 g/mol. The van der Waals surface area contributed by atoms with Gasteiger partial charge in [0, 0.05) is 5.56 Å². The van der Waals surface area contributed by atoms with E-state index < -0.39 is 0 Å². The molecule has 0 amide bonds. The van der Waals surface area contributed by atoms with E-state index in [1.807, 2.05) is 32.0 Å². The van der Waals surface area contributed by atoms with Gasteiger partial charge in [0.15, 0.2) is 5.58 Å². The van der Waals surface area contributed by atoms with Crippen molar-refractivity contribution in [1.29, 1.82) is 0 Å². The molecule has 0 N–H and O–H groups in total. The number of benzene rings is 2. The fourth-order valence-corrected chi connectivity index (χ4v) is 2.12. The number of hydrogen-bond acceptors (Lipinski definition) is 2. The highest BCUT2D eigenvalue weighted by Crippen LogP contribution is 2.26. The zero-order valence-electron chi connectivity index (χ0n) is 13.5. The molecule has 1 heterocycles. The maximum Gasteiger partial charge on any atom is 0.227 e. The lowest BCUT2D eigenvalue weighted by molar-refractivity contribution is 0.619. The molecule has 0 saturated carbocycles. The van der Waals surface area contributed by atoms with Crippen LogP contribution in [0.15, 0.2) is 46.9 Å². The number of oxazole rings is 1. The predicted molar refractivity (Wildman–Crippen MR) is 89.6 cm³/mol. The van der Waals surface area contributed by atoms with E-state index >= 15 is 0 Å². The van der Waals surface area contributed by atoms with Crippen LogP contribution in [0.4, 0.5) is 0 Å². The molecule has 2 aromatic carbocycles. The third-order valence-corrected chi connectivity index (χ3v) is 3.38. The van der Waals surface area contributed by atoms with E-state index in [4.69, 9.17) is 4.42 Å². The second-order valence-electron chi connectivity index (χ2n) is 5.27. The van der Waals surface area contributed by atoms with Crippen molar-refractivity contribution in [2.75, 3.05) is 0 Å². The number of hydrogen-bond donors (Lipinski definition) is 0. The second-order valence-corrected chi connectivity index (χ2v) is 5.27. The summed E-state index contributed by atoms with van der Waals surface area (Å²) >= 11 is 0. The summed E-state index contributed by atoms with van der Waals surface area (Å²) in [5.41, 5.74) is 5.33. The number of fused-ring (bicyclic) bond motifs is 1. The van der Waals surface area contributed by atoms with Gasteiger partial charge in [-0.15, -0.1) is 0 Å². The van der Waals surface area contributed by atoms with Gasteiger partial charge in [0.25, 0.3) is 0 Å². The Balaban J connectivity index is 0.000000774. The number of aromatic nitrogens is 1. The van der Waals surface area contributed by atoms with Crippen LogP contribution in [0.25, 0.3) is 22.6 Å². The molecule has 0 unspecified atom stereocenters. The highest BCUT2D eigenvalue weighted by Gasteiger charge is 2.09. The summed E-state index contributed by atoms with van der Waals surface area (Å²) in [6, 6.07) is 14.5. The molecule has 0 saturated heterocycles. The maximum absolute atomic E-state index is 5.82. The molecule has 2 heteroatoms. The Bertz CT molecular complexity index is 708. The van der Waals surface area contributed by atoms with Gasteiger partial charge in [-0.1, -0.05) is 51.5 Å². The largest absolute Gasteiger partial charge is 0.436 e. The lowest BCUT2D eigenvalue weighted by Crippen LogP contribution is -1.85. The highest BCUT2D eigenvalue weighted by atomic mass is 16.3. The third kappa shape index (κ3) is 3.33. The normalized spacial score (nSPS) is 10.6. The van der Waals surface area contributed by atoms with Crippen molar-refractivity contribution < 1.29 is 4.42 Å². The van der Waals surface area contributed by atoms with Gasteiger partial charge >= 0.3 is 0 Å². The van der Waals surface area contributed by atoms with E-state index in [1.165, 1.54) is 11.1 Å². The summed E-state index contributed by atoms with van der Waals surface area (Å²) in [5.74, 6) is 1.19. The van der Waals surface area contributed by atoms with Crippen molar-refractivity contribution in [3.8, 4) is 11.5 Å². The SMILES string of the molecule is CC.Cc1ccc(-c2nc3cc(C(C)C)ccc3o2)cc1. The van der Waals surface area contributed by atoms with Crippen molar-refractivity contribution in [3.63, 3.8) is 0 Å². The summed E-state index contributed by atoms with van der Waals surface area (Å²) in [5, 5.41) is 0. The molecular formula is C19H23NO. The van der Waals surface area contributed by atoms with Crippen LogP contribution in [0.1, 0.15) is 44.7 Å². The molecule has 0 radical (unpaired) electrons. The first-order chi connectivity index (χ1) is 10.1. The van der Waals surface area contributed by atoms with Crippen LogP contribution < -0.4 is 0 Å². The van der Waals surface area contributed by atoms with Crippen molar-refractivity contribution in [1.82, 2.24) is 4.98 Å². The first-order valence-electron chi connectivity index (χ1n) is 7.61. The van der Waals surface area contributed by atoms with E-state index in [9.17, 15) is 0 Å². The quantitative estimate of drug-likeness (QED) is 0.580. The van der Waals surface area contributed by atoms with Crippen LogP contribution in [0.5, 0.6) is 0 Å². The number of rotatable bonds is 2. The van der Waals surface area contributed by atoms with Crippen LogP contribution in [0, 0.1) is 6.92 Å². The molecule has 3 aromatic rings. The van der Waals surface area contributed by atoms with E-state index in [-0.39, 0.29) is 0 Å². The molecule has 2 nitrogen and oxygen atoms in total. The topological polar surface area (TPSA) is 26.0 Å². The zero-order valence-corrected chi connectivity index (χ0v) is 13.5. The summed E-state index contributed by atoms with van der Waals surface area (Å²) in [6.45, 7) is 10.4. The van der Waals surface area contributed by atoms with Crippen molar-refractivity contribution in [2.45, 2.75) is 40.5 Å². The molecule has 0 aliphatic heterocycles. The Kier molecular flexibility index (Phi) is 4.79. The zero-order chi connectivity index (χ0) is 15.4. The molecule has 0 fully saturated rings. The minimum atomic E-state index is 0.504. The first-order valence-corrected chi connectivity index (χ1v) is 7.61. The molecule has 110 valence electrons. The van der Waals surface area contributed by atoms with Crippen LogP contribution in [0.2, 0.25) is 0 Å². The van der Waals surface area contributed by atoms with E-state index in [0.717, 1.165) is 16.7 Å². The first kappa shape index (κ1) is 15.3. The second kappa shape index (κ2) is 6.57. The number of aryl methyl sites for hydroxylation is 1. The van der Waals surface area contributed by atoms with Crippen molar-refractivity contribution in [2.24, 2.45) is 0 Å². The van der Waals surface area contributed by atoms with E-state index in [1.54, 1.807) is 0 Å². The Morgan fingerprint density at radius 1 is 0.952 bits per heavy atom. The molecule has 1 aromatic heterocycles. The highest BCUT2D eigenvalue weighted by molar-refractivity contribution is 5.77. The lowest BCUT2D eigenvalue weighted by Gasteiger charge is -2.02. The van der Waals surface area contributed by atoms with Crippen molar-refractivity contribution in [3.05, 3.63) is 53.6 Å². The van der Waals surface area contributed by atoms with Crippen LogP contribution in [0.3, 0.4) is 0 Å². The van der Waals surface area contributed by atoms with Crippen LogP contribution in [-0.2, 0) is 0 Å². The summed E-state index contributed by atoms with van der Waals surface area (Å²) in [6.07, 6.45) is 0. The van der Waals surface area contributed by atoms with Crippen LogP contribution in [-0.4, -0.2) is 4.98 Å². The fraction of sp³-hybridized carbons (Fsp3) is 0.316. The third-order valence-electron chi connectivity index (χ3n) is 3.38. The fourth-order valence-electron chi connectivity index (χ4n) is 2.12. The van der Waals surface area contributed by atoms with Gasteiger partial charge in [0.1, 0.15) is 5.52 Å². The van der Waals surface area contributed by atoms with Gasteiger partial charge in [0.2, 0.25) is 5.89 Å². The molecule has 0 aliphatic carbocycles. The minimum Gasteiger partial charge on any atom is -0.436 e. The average Bonchev–Trinajstić information content (AvgIpc) is 2.92. The molecule has 0 aliphatic rings. The Labute approximate surface area is 126 Å². The smallest absolute Gasteiger partial charge is 0.227 e. The summed E-state index contributed by atoms with van der Waals surface area (Å²) in [7, 11) is 0. The molecular weight excluding hydrogens is 258 g/mol. The summed E-state index contributed by atoms with van der Waals surface area (Å²) in [4.78, 5) is 4.59. The van der Waals surface area contributed by atoms with Crippen LogP contribution >= 0.6 is 0 Å².